The lowest BCUT2D eigenvalue weighted by atomic mass is 9.17. The van der Waals surface area contributed by atoms with Crippen LogP contribution in [0, 0.1) is 0 Å². The average Bonchev–Trinajstić information content (AvgIpc) is 2.77. The minimum atomic E-state index is -1.14. The summed E-state index contributed by atoms with van der Waals surface area (Å²) in [4.78, 5) is 0. The van der Waals surface area contributed by atoms with Crippen molar-refractivity contribution in [1.29, 1.82) is 0 Å². The largest absolute Gasteiger partial charge is 0.497 e. The molecule has 4 nitrogen and oxygen atoms in total. The molecule has 0 bridgehead atoms. The van der Waals surface area contributed by atoms with Gasteiger partial charge in [0.05, 0.1) is 55.7 Å². The monoisotopic (exact) mass is 421 g/mol. The van der Waals surface area contributed by atoms with Crippen LogP contribution in [-0.2, 0) is 0 Å². The zero-order valence-corrected chi connectivity index (χ0v) is 20.2. The number of rotatable bonds is 6. The normalized spacial score (nSPS) is 11.2. The fourth-order valence-corrected chi connectivity index (χ4v) is 3.54. The Morgan fingerprint density at radius 1 is 0.484 bits per heavy atom. The molecule has 0 heterocycles. The highest BCUT2D eigenvalue weighted by atomic mass is 16.5. The van der Waals surface area contributed by atoms with Crippen LogP contribution in [0.15, 0.2) is 72.8 Å². The SMILES string of the molecule is COc1ccc([B-](C)(c2ccc(OC)cc2)c2ccc(OC)cc2)cc1.C[N+](C)(C)C. The molecule has 3 aromatic rings. The van der Waals surface area contributed by atoms with Crippen molar-refractivity contribution in [3.63, 3.8) is 0 Å². The number of nitrogens with zero attached hydrogens (tertiary/aromatic N) is 1. The fraction of sp³-hybridized carbons (Fsp3) is 0.308. The summed E-state index contributed by atoms with van der Waals surface area (Å²) in [7, 11) is 13.6. The van der Waals surface area contributed by atoms with E-state index < -0.39 is 6.15 Å². The summed E-state index contributed by atoms with van der Waals surface area (Å²) in [5.41, 5.74) is 3.75. The molecule has 3 aromatic carbocycles. The predicted molar refractivity (Wildman–Crippen MR) is 133 cm³/mol. The van der Waals surface area contributed by atoms with Crippen LogP contribution in [0.1, 0.15) is 0 Å². The zero-order chi connectivity index (χ0) is 23.1. The molecule has 5 heteroatoms. The van der Waals surface area contributed by atoms with Crippen LogP contribution in [0.5, 0.6) is 17.2 Å². The molecule has 0 spiro atoms. The fourth-order valence-electron chi connectivity index (χ4n) is 3.54. The van der Waals surface area contributed by atoms with E-state index in [0.29, 0.717) is 0 Å². The molecule has 0 saturated carbocycles. The van der Waals surface area contributed by atoms with Gasteiger partial charge in [-0.3, -0.25) is 0 Å². The van der Waals surface area contributed by atoms with Gasteiger partial charge in [-0.05, 0) is 36.4 Å². The van der Waals surface area contributed by atoms with E-state index in [2.05, 4.69) is 71.4 Å². The molecule has 0 aliphatic heterocycles. The molecule has 0 fully saturated rings. The van der Waals surface area contributed by atoms with E-state index in [0.717, 1.165) is 21.7 Å². The van der Waals surface area contributed by atoms with Crippen molar-refractivity contribution in [3.8, 4) is 17.2 Å². The first-order chi connectivity index (χ1) is 14.6. The lowest BCUT2D eigenvalue weighted by Gasteiger charge is -2.39. The van der Waals surface area contributed by atoms with Gasteiger partial charge in [0, 0.05) is 0 Å². The van der Waals surface area contributed by atoms with Crippen LogP contribution in [0.3, 0.4) is 0 Å². The second-order valence-electron chi connectivity index (χ2n) is 9.30. The van der Waals surface area contributed by atoms with Crippen molar-refractivity contribution in [2.24, 2.45) is 0 Å². The van der Waals surface area contributed by atoms with Crippen molar-refractivity contribution in [2.75, 3.05) is 49.5 Å². The molecule has 0 aliphatic carbocycles. The van der Waals surface area contributed by atoms with Crippen LogP contribution in [0.2, 0.25) is 6.82 Å². The van der Waals surface area contributed by atoms with Gasteiger partial charge in [-0.1, -0.05) is 36.4 Å². The van der Waals surface area contributed by atoms with Gasteiger partial charge in [0.25, 0.3) is 0 Å². The summed E-state index contributed by atoms with van der Waals surface area (Å²) in [5, 5.41) is 0. The smallest absolute Gasteiger partial charge is 0.118 e. The summed E-state index contributed by atoms with van der Waals surface area (Å²) in [5.74, 6) is 2.57. The van der Waals surface area contributed by atoms with E-state index in [-0.39, 0.29) is 0 Å². The van der Waals surface area contributed by atoms with Crippen molar-refractivity contribution in [2.45, 2.75) is 6.82 Å². The van der Waals surface area contributed by atoms with Crippen molar-refractivity contribution >= 4 is 22.5 Å². The zero-order valence-electron chi connectivity index (χ0n) is 20.2. The molecule has 3 rings (SSSR count). The molecule has 166 valence electrons. The Bertz CT molecular complexity index is 809. The Hall–Kier alpha value is -2.92. The van der Waals surface area contributed by atoms with Crippen molar-refractivity contribution in [1.82, 2.24) is 0 Å². The summed E-state index contributed by atoms with van der Waals surface area (Å²) in [6.45, 7) is 2.30. The van der Waals surface area contributed by atoms with Gasteiger partial charge in [-0.25, -0.2) is 0 Å². The first kappa shape index (κ1) is 24.4. The molecule has 0 atom stereocenters. The molecule has 0 amide bonds. The Balaban J connectivity index is 0.000000614. The third kappa shape index (κ3) is 6.53. The Morgan fingerprint density at radius 2 is 0.677 bits per heavy atom. The van der Waals surface area contributed by atoms with Crippen LogP contribution in [0.4, 0.5) is 0 Å². The highest BCUT2D eigenvalue weighted by molar-refractivity contribution is 7.10. The van der Waals surface area contributed by atoms with Crippen LogP contribution >= 0.6 is 0 Å². The predicted octanol–water partition coefficient (Wildman–Crippen LogP) is 3.13. The van der Waals surface area contributed by atoms with E-state index in [1.165, 1.54) is 16.4 Å². The standard InChI is InChI=1S/C22H24BO3.C4H12N/c1-23(17-5-11-20(24-2)12-6-17,18-7-13-21(25-3)14-8-18)19-9-15-22(26-4)16-10-19;1-5(2,3)4/h5-16H,1-4H3;1-4H3/q-1;+1. The molecule has 31 heavy (non-hydrogen) atoms. The van der Waals surface area contributed by atoms with Gasteiger partial charge in [-0.2, -0.15) is 23.2 Å². The number of methoxy groups -OCH3 is 3. The molecule has 0 aliphatic rings. The maximum Gasteiger partial charge on any atom is 0.118 e. The Morgan fingerprint density at radius 3 is 0.839 bits per heavy atom. The van der Waals surface area contributed by atoms with Gasteiger partial charge in [0.1, 0.15) is 17.2 Å². The maximum absolute atomic E-state index is 5.33. The summed E-state index contributed by atoms with van der Waals surface area (Å²) in [6.07, 6.45) is -1.14. The number of ether oxygens (including phenoxy) is 3. The van der Waals surface area contributed by atoms with Gasteiger partial charge in [0.2, 0.25) is 0 Å². The second-order valence-corrected chi connectivity index (χ2v) is 9.30. The Labute approximate surface area is 187 Å². The molecule has 0 N–H and O–H groups in total. The van der Waals surface area contributed by atoms with Crippen molar-refractivity contribution in [3.05, 3.63) is 72.8 Å². The van der Waals surface area contributed by atoms with E-state index in [4.69, 9.17) is 14.2 Å². The minimum Gasteiger partial charge on any atom is -0.497 e. The molecule has 0 aromatic heterocycles. The number of quaternary nitrogens is 1. The highest BCUT2D eigenvalue weighted by Gasteiger charge is 2.25. The van der Waals surface area contributed by atoms with Gasteiger partial charge >= 0.3 is 0 Å². The second kappa shape index (κ2) is 10.4. The number of hydrogen-bond donors (Lipinski definition) is 0. The number of hydrogen-bond acceptors (Lipinski definition) is 3. The molecule has 0 unspecified atom stereocenters. The van der Waals surface area contributed by atoms with Crippen molar-refractivity contribution < 1.29 is 18.7 Å². The van der Waals surface area contributed by atoms with E-state index >= 15 is 0 Å². The lowest BCUT2D eigenvalue weighted by molar-refractivity contribution is -0.849. The lowest BCUT2D eigenvalue weighted by Crippen LogP contribution is -2.64. The van der Waals surface area contributed by atoms with Crippen LogP contribution in [-0.4, -0.2) is 60.1 Å². The number of benzene rings is 3. The van der Waals surface area contributed by atoms with Crippen LogP contribution < -0.4 is 30.6 Å². The third-order valence-electron chi connectivity index (χ3n) is 5.35. The topological polar surface area (TPSA) is 27.7 Å². The third-order valence-corrected chi connectivity index (χ3v) is 5.35. The summed E-state index contributed by atoms with van der Waals surface area (Å²) >= 11 is 0. The maximum atomic E-state index is 5.33. The Kier molecular flexibility index (Phi) is 8.17. The molecule has 0 saturated heterocycles. The van der Waals surface area contributed by atoms with E-state index in [1.807, 2.05) is 36.4 Å². The first-order valence-electron chi connectivity index (χ1n) is 10.5. The van der Waals surface area contributed by atoms with Gasteiger partial charge < -0.3 is 18.7 Å². The molecular formula is C26H36BNO3. The van der Waals surface area contributed by atoms with Crippen LogP contribution in [0.25, 0.3) is 0 Å². The molecular weight excluding hydrogens is 385 g/mol. The quantitative estimate of drug-likeness (QED) is 0.452. The average molecular weight is 421 g/mol. The van der Waals surface area contributed by atoms with E-state index in [9.17, 15) is 0 Å². The van der Waals surface area contributed by atoms with E-state index in [1.54, 1.807) is 21.3 Å². The minimum absolute atomic E-state index is 0.858. The van der Waals surface area contributed by atoms with Gasteiger partial charge in [0.15, 0.2) is 0 Å². The molecule has 0 radical (unpaired) electrons. The summed E-state index contributed by atoms with van der Waals surface area (Å²) in [6, 6.07) is 25.0. The highest BCUT2D eigenvalue weighted by Crippen LogP contribution is 2.16. The van der Waals surface area contributed by atoms with Gasteiger partial charge in [-0.15, -0.1) is 0 Å². The summed E-state index contributed by atoms with van der Waals surface area (Å²) < 4.78 is 17.0. The first-order valence-corrected chi connectivity index (χ1v) is 10.5.